The zero-order valence-electron chi connectivity index (χ0n) is 15.9. The Labute approximate surface area is 158 Å². The molecule has 0 spiro atoms. The van der Waals surface area contributed by atoms with E-state index in [1.165, 1.54) is 24.9 Å². The summed E-state index contributed by atoms with van der Waals surface area (Å²) >= 11 is 0. The fourth-order valence-electron chi connectivity index (χ4n) is 2.18. The van der Waals surface area contributed by atoms with Crippen LogP contribution in [0.25, 0.3) is 0 Å². The Bertz CT molecular complexity index is 794. The number of carbonyl (C=O) groups excluding carboxylic acids is 2. The Hall–Kier alpha value is -3.10. The minimum absolute atomic E-state index is 0.140. The lowest BCUT2D eigenvalue weighted by molar-refractivity contribution is -0.117. The molecular formula is C18H24N6O3. The van der Waals surface area contributed by atoms with E-state index in [0.717, 1.165) is 0 Å². The van der Waals surface area contributed by atoms with Crippen LogP contribution in [0, 0.1) is 11.8 Å². The van der Waals surface area contributed by atoms with E-state index in [1.54, 1.807) is 0 Å². The topological polar surface area (TPSA) is 119 Å². The molecule has 0 aliphatic heterocycles. The van der Waals surface area contributed by atoms with Crippen LogP contribution >= 0.6 is 0 Å². The number of anilines is 2. The monoisotopic (exact) mass is 372 g/mol. The maximum atomic E-state index is 12.0. The number of aromatic nitrogens is 4. The largest absolute Gasteiger partial charge is 0.418 e. The molecule has 2 aromatic rings. The van der Waals surface area contributed by atoms with Crippen LogP contribution in [0.1, 0.15) is 40.5 Å². The van der Waals surface area contributed by atoms with Gasteiger partial charge in [-0.05, 0) is 11.8 Å². The molecule has 144 valence electrons. The lowest BCUT2D eigenvalue weighted by Crippen LogP contribution is -2.15. The van der Waals surface area contributed by atoms with Gasteiger partial charge in [0.1, 0.15) is 24.2 Å². The Balaban J connectivity index is 2.10. The number of rotatable bonds is 8. The number of hydrogen-bond donors (Lipinski definition) is 2. The molecule has 2 N–H and O–H groups in total. The SMILES string of the molecule is CC(C)CC(=O)Nc1cc(Oc2ncncc2NC(=O)CC(C)C)ncn1. The van der Waals surface area contributed by atoms with Crippen LogP contribution in [0.5, 0.6) is 11.8 Å². The summed E-state index contributed by atoms with van der Waals surface area (Å²) in [4.78, 5) is 39.8. The lowest BCUT2D eigenvalue weighted by Gasteiger charge is -2.11. The summed E-state index contributed by atoms with van der Waals surface area (Å²) in [5.74, 6) is 0.819. The maximum Gasteiger partial charge on any atom is 0.248 e. The summed E-state index contributed by atoms with van der Waals surface area (Å²) in [6, 6.07) is 1.49. The number of ether oxygens (including phenoxy) is 1. The van der Waals surface area contributed by atoms with Crippen molar-refractivity contribution < 1.29 is 14.3 Å². The van der Waals surface area contributed by atoms with E-state index in [4.69, 9.17) is 4.74 Å². The Kier molecular flexibility index (Phi) is 7.16. The molecule has 2 heterocycles. The van der Waals surface area contributed by atoms with E-state index in [9.17, 15) is 9.59 Å². The van der Waals surface area contributed by atoms with Gasteiger partial charge in [-0.2, -0.15) is 4.98 Å². The van der Waals surface area contributed by atoms with Crippen LogP contribution in [-0.2, 0) is 9.59 Å². The van der Waals surface area contributed by atoms with Crippen molar-refractivity contribution in [3.8, 4) is 11.8 Å². The van der Waals surface area contributed by atoms with E-state index < -0.39 is 0 Å². The van der Waals surface area contributed by atoms with Crippen molar-refractivity contribution in [2.24, 2.45) is 11.8 Å². The van der Waals surface area contributed by atoms with E-state index >= 15 is 0 Å². The number of nitrogens with one attached hydrogen (secondary N) is 2. The van der Waals surface area contributed by atoms with Gasteiger partial charge in [0, 0.05) is 18.9 Å². The van der Waals surface area contributed by atoms with Crippen molar-refractivity contribution in [3.05, 3.63) is 24.9 Å². The van der Waals surface area contributed by atoms with Gasteiger partial charge >= 0.3 is 0 Å². The average Bonchev–Trinajstić information content (AvgIpc) is 2.55. The van der Waals surface area contributed by atoms with Crippen molar-refractivity contribution >= 4 is 23.3 Å². The molecular weight excluding hydrogens is 348 g/mol. The highest BCUT2D eigenvalue weighted by atomic mass is 16.5. The first-order valence-corrected chi connectivity index (χ1v) is 8.73. The second-order valence-corrected chi connectivity index (χ2v) is 6.88. The summed E-state index contributed by atoms with van der Waals surface area (Å²) in [5, 5.41) is 5.42. The first kappa shape index (κ1) is 20.2. The molecule has 0 saturated heterocycles. The maximum absolute atomic E-state index is 12.0. The number of carbonyl (C=O) groups is 2. The van der Waals surface area contributed by atoms with E-state index in [2.05, 4.69) is 30.6 Å². The first-order valence-electron chi connectivity index (χ1n) is 8.73. The second kappa shape index (κ2) is 9.56. The van der Waals surface area contributed by atoms with Crippen LogP contribution in [0.15, 0.2) is 24.9 Å². The van der Waals surface area contributed by atoms with Gasteiger partial charge in [0.05, 0.1) is 6.20 Å². The minimum atomic E-state index is -0.158. The predicted molar refractivity (Wildman–Crippen MR) is 100 cm³/mol. The van der Waals surface area contributed by atoms with Gasteiger partial charge in [-0.25, -0.2) is 15.0 Å². The lowest BCUT2D eigenvalue weighted by atomic mass is 10.1. The fraction of sp³-hybridized carbons (Fsp3) is 0.444. The summed E-state index contributed by atoms with van der Waals surface area (Å²) in [7, 11) is 0. The zero-order chi connectivity index (χ0) is 19.8. The normalized spacial score (nSPS) is 10.7. The van der Waals surface area contributed by atoms with Gasteiger partial charge in [-0.1, -0.05) is 27.7 Å². The number of hydrogen-bond acceptors (Lipinski definition) is 7. The molecule has 0 aliphatic carbocycles. The van der Waals surface area contributed by atoms with Gasteiger partial charge in [0.25, 0.3) is 0 Å². The third kappa shape index (κ3) is 6.96. The van der Waals surface area contributed by atoms with Crippen LogP contribution in [0.2, 0.25) is 0 Å². The van der Waals surface area contributed by atoms with Crippen LogP contribution in [-0.4, -0.2) is 31.8 Å². The Morgan fingerprint density at radius 2 is 1.63 bits per heavy atom. The molecule has 0 unspecified atom stereocenters. The summed E-state index contributed by atoms with van der Waals surface area (Å²) < 4.78 is 5.65. The van der Waals surface area contributed by atoms with Gasteiger partial charge < -0.3 is 15.4 Å². The van der Waals surface area contributed by atoms with Crippen molar-refractivity contribution in [2.45, 2.75) is 40.5 Å². The van der Waals surface area contributed by atoms with E-state index in [-0.39, 0.29) is 35.4 Å². The molecule has 2 rings (SSSR count). The molecule has 0 bridgehead atoms. The van der Waals surface area contributed by atoms with Crippen molar-refractivity contribution in [1.29, 1.82) is 0 Å². The molecule has 2 aromatic heterocycles. The molecule has 0 fully saturated rings. The third-order valence-electron chi connectivity index (χ3n) is 3.25. The highest BCUT2D eigenvalue weighted by Gasteiger charge is 2.13. The number of nitrogens with zero attached hydrogens (tertiary/aromatic N) is 4. The summed E-state index contributed by atoms with van der Waals surface area (Å²) in [6.45, 7) is 7.82. The van der Waals surface area contributed by atoms with Crippen molar-refractivity contribution in [1.82, 2.24) is 19.9 Å². The van der Waals surface area contributed by atoms with Crippen LogP contribution < -0.4 is 15.4 Å². The molecule has 0 saturated carbocycles. The minimum Gasteiger partial charge on any atom is -0.418 e. The zero-order valence-corrected chi connectivity index (χ0v) is 15.9. The average molecular weight is 372 g/mol. The first-order chi connectivity index (χ1) is 12.8. The van der Waals surface area contributed by atoms with Crippen molar-refractivity contribution in [2.75, 3.05) is 10.6 Å². The van der Waals surface area contributed by atoms with Gasteiger partial charge in [0.2, 0.25) is 23.6 Å². The van der Waals surface area contributed by atoms with E-state index in [0.29, 0.717) is 24.3 Å². The predicted octanol–water partition coefficient (Wildman–Crippen LogP) is 3.03. The molecule has 0 radical (unpaired) electrons. The van der Waals surface area contributed by atoms with Gasteiger partial charge in [0.15, 0.2) is 0 Å². The molecule has 0 aliphatic rings. The van der Waals surface area contributed by atoms with Gasteiger partial charge in [-0.15, -0.1) is 0 Å². The molecule has 0 atom stereocenters. The highest BCUT2D eigenvalue weighted by Crippen LogP contribution is 2.26. The summed E-state index contributed by atoms with van der Waals surface area (Å²) in [5.41, 5.74) is 0.340. The Morgan fingerprint density at radius 3 is 2.30 bits per heavy atom. The van der Waals surface area contributed by atoms with Crippen molar-refractivity contribution in [3.63, 3.8) is 0 Å². The molecule has 9 heteroatoms. The molecule has 27 heavy (non-hydrogen) atoms. The second-order valence-electron chi connectivity index (χ2n) is 6.88. The molecule has 2 amide bonds. The molecule has 9 nitrogen and oxygen atoms in total. The quantitative estimate of drug-likeness (QED) is 0.731. The standard InChI is InChI=1S/C18H24N6O3/c1-11(2)5-15(25)23-13-8-19-9-22-18(13)27-17-7-14(20-10-21-17)24-16(26)6-12(3)4/h7-12H,5-6H2,1-4H3,(H,23,25)(H,20,21,24,26). The van der Waals surface area contributed by atoms with Gasteiger partial charge in [-0.3, -0.25) is 9.59 Å². The highest BCUT2D eigenvalue weighted by molar-refractivity contribution is 5.92. The fourth-order valence-corrected chi connectivity index (χ4v) is 2.18. The van der Waals surface area contributed by atoms with Crippen LogP contribution in [0.3, 0.4) is 0 Å². The smallest absolute Gasteiger partial charge is 0.248 e. The van der Waals surface area contributed by atoms with E-state index in [1.807, 2.05) is 27.7 Å². The summed E-state index contributed by atoms with van der Waals surface area (Å²) in [6.07, 6.45) is 4.79. The van der Waals surface area contributed by atoms with Crippen LogP contribution in [0.4, 0.5) is 11.5 Å². The Morgan fingerprint density at radius 1 is 0.963 bits per heavy atom. The third-order valence-corrected chi connectivity index (χ3v) is 3.25. The molecule has 0 aromatic carbocycles. The number of amides is 2.